The molecule has 2 aromatic carbocycles. The molecule has 0 aliphatic heterocycles. The van der Waals surface area contributed by atoms with Crippen LogP contribution in [-0.4, -0.2) is 50.5 Å². The van der Waals surface area contributed by atoms with E-state index < -0.39 is 27.8 Å². The Morgan fingerprint density at radius 3 is 2.31 bits per heavy atom. The largest absolute Gasteiger partial charge is 0.416 e. The van der Waals surface area contributed by atoms with E-state index in [0.29, 0.717) is 13.0 Å². The summed E-state index contributed by atoms with van der Waals surface area (Å²) in [6, 6.07) is 11.0. The zero-order valence-corrected chi connectivity index (χ0v) is 23.7. The number of aryl methyl sites for hydroxylation is 1. The molecule has 39 heavy (non-hydrogen) atoms. The van der Waals surface area contributed by atoms with E-state index in [9.17, 15) is 31.2 Å². The molecule has 2 aromatic rings. The number of anilines is 1. The number of carbonyl (C=O) groups is 2. The highest BCUT2D eigenvalue weighted by Gasteiger charge is 2.32. The second-order valence-electron chi connectivity index (χ2n) is 9.57. The van der Waals surface area contributed by atoms with Crippen molar-refractivity contribution in [3.63, 3.8) is 0 Å². The quantitative estimate of drug-likeness (QED) is 0.314. The molecular formula is C28H38F3N3O4S. The van der Waals surface area contributed by atoms with E-state index in [1.807, 2.05) is 45.0 Å². The number of benzene rings is 2. The van der Waals surface area contributed by atoms with Crippen LogP contribution in [0.1, 0.15) is 62.6 Å². The summed E-state index contributed by atoms with van der Waals surface area (Å²) in [5, 5.41) is 2.89. The molecule has 0 aliphatic carbocycles. The second kappa shape index (κ2) is 14.3. The lowest BCUT2D eigenvalue weighted by Crippen LogP contribution is -2.49. The molecule has 0 bridgehead atoms. The van der Waals surface area contributed by atoms with E-state index in [-0.39, 0.29) is 43.4 Å². The van der Waals surface area contributed by atoms with Gasteiger partial charge in [0, 0.05) is 26.1 Å². The molecule has 0 spiro atoms. The van der Waals surface area contributed by atoms with Gasteiger partial charge in [-0.3, -0.25) is 13.9 Å². The summed E-state index contributed by atoms with van der Waals surface area (Å²) < 4.78 is 65.4. The van der Waals surface area contributed by atoms with Crippen molar-refractivity contribution in [2.75, 3.05) is 23.7 Å². The van der Waals surface area contributed by atoms with Gasteiger partial charge in [-0.05, 0) is 49.9 Å². The topological polar surface area (TPSA) is 86.8 Å². The van der Waals surface area contributed by atoms with Gasteiger partial charge < -0.3 is 10.2 Å². The van der Waals surface area contributed by atoms with Crippen LogP contribution >= 0.6 is 0 Å². The molecule has 11 heteroatoms. The average Bonchev–Trinajstić information content (AvgIpc) is 2.85. The molecule has 0 aromatic heterocycles. The normalized spacial score (nSPS) is 12.6. The lowest BCUT2D eigenvalue weighted by atomic mass is 10.1. The summed E-state index contributed by atoms with van der Waals surface area (Å²) in [5.74, 6) is -0.597. The third-order valence-corrected chi connectivity index (χ3v) is 7.46. The van der Waals surface area contributed by atoms with Gasteiger partial charge in [-0.15, -0.1) is 0 Å². The fraction of sp³-hybridized carbons (Fsp3) is 0.500. The molecule has 2 amide bonds. The summed E-state index contributed by atoms with van der Waals surface area (Å²) in [7, 11) is -3.92. The molecule has 0 saturated heterocycles. The van der Waals surface area contributed by atoms with E-state index in [4.69, 9.17) is 0 Å². The number of hydrogen-bond donors (Lipinski definition) is 1. The van der Waals surface area contributed by atoms with Crippen molar-refractivity contribution in [1.29, 1.82) is 0 Å². The maximum absolute atomic E-state index is 13.4. The van der Waals surface area contributed by atoms with Gasteiger partial charge in [0.25, 0.3) is 0 Å². The van der Waals surface area contributed by atoms with Gasteiger partial charge in [-0.1, -0.05) is 56.2 Å². The Morgan fingerprint density at radius 2 is 1.72 bits per heavy atom. The highest BCUT2D eigenvalue weighted by molar-refractivity contribution is 7.92. The van der Waals surface area contributed by atoms with E-state index in [0.717, 1.165) is 52.7 Å². The van der Waals surface area contributed by atoms with Crippen LogP contribution in [0.3, 0.4) is 0 Å². The summed E-state index contributed by atoms with van der Waals surface area (Å²) >= 11 is 0. The van der Waals surface area contributed by atoms with Gasteiger partial charge in [0.15, 0.2) is 0 Å². The molecule has 0 heterocycles. The van der Waals surface area contributed by atoms with Crippen molar-refractivity contribution in [1.82, 2.24) is 10.2 Å². The molecular weight excluding hydrogens is 531 g/mol. The third-order valence-electron chi connectivity index (χ3n) is 6.26. The van der Waals surface area contributed by atoms with Gasteiger partial charge in [0.1, 0.15) is 6.04 Å². The van der Waals surface area contributed by atoms with Gasteiger partial charge in [-0.25, -0.2) is 8.42 Å². The van der Waals surface area contributed by atoms with Crippen LogP contribution in [0.25, 0.3) is 0 Å². The minimum absolute atomic E-state index is 0.0559. The molecule has 0 aliphatic rings. The van der Waals surface area contributed by atoms with Gasteiger partial charge in [0.2, 0.25) is 21.8 Å². The maximum atomic E-state index is 13.4. The van der Waals surface area contributed by atoms with Crippen molar-refractivity contribution in [3.05, 3.63) is 65.2 Å². The molecule has 0 unspecified atom stereocenters. The second-order valence-corrected chi connectivity index (χ2v) is 11.5. The maximum Gasteiger partial charge on any atom is 0.416 e. The number of amides is 2. The molecule has 0 fully saturated rings. The first-order valence-corrected chi connectivity index (χ1v) is 14.9. The zero-order valence-electron chi connectivity index (χ0n) is 22.9. The minimum atomic E-state index is -4.63. The number of alkyl halides is 3. The summed E-state index contributed by atoms with van der Waals surface area (Å²) in [6.07, 6.45) is -1.65. The summed E-state index contributed by atoms with van der Waals surface area (Å²) in [4.78, 5) is 27.9. The predicted molar refractivity (Wildman–Crippen MR) is 147 cm³/mol. The third kappa shape index (κ3) is 9.87. The number of halogens is 3. The Morgan fingerprint density at radius 1 is 1.03 bits per heavy atom. The number of rotatable bonds is 14. The Bertz CT molecular complexity index is 1220. The first kappa shape index (κ1) is 32.1. The van der Waals surface area contributed by atoms with Crippen molar-refractivity contribution in [2.45, 2.75) is 71.6 Å². The van der Waals surface area contributed by atoms with Crippen molar-refractivity contribution >= 4 is 27.5 Å². The number of nitrogens with one attached hydrogen (secondary N) is 1. The smallest absolute Gasteiger partial charge is 0.354 e. The lowest BCUT2D eigenvalue weighted by Gasteiger charge is -2.31. The fourth-order valence-corrected chi connectivity index (χ4v) is 5.23. The van der Waals surface area contributed by atoms with Crippen LogP contribution < -0.4 is 9.62 Å². The molecule has 216 valence electrons. The SMILES string of the molecule is CCCCNC(=O)[C@@H](CC)N(Cc1cccc(C)c1)C(=O)CCCN(c1cccc(C(F)(F)F)c1)S(C)(=O)=O. The highest BCUT2D eigenvalue weighted by Crippen LogP contribution is 2.32. The van der Waals surface area contributed by atoms with Gasteiger partial charge in [0.05, 0.1) is 17.5 Å². The van der Waals surface area contributed by atoms with Crippen LogP contribution in [0.4, 0.5) is 18.9 Å². The molecule has 7 nitrogen and oxygen atoms in total. The summed E-state index contributed by atoms with van der Waals surface area (Å²) in [5.41, 5.74) is 0.766. The highest BCUT2D eigenvalue weighted by atomic mass is 32.2. The Kier molecular flexibility index (Phi) is 11.8. The Hall–Kier alpha value is -3.08. The average molecular weight is 570 g/mol. The molecule has 0 radical (unpaired) electrons. The summed E-state index contributed by atoms with van der Waals surface area (Å²) in [6.45, 7) is 6.26. The van der Waals surface area contributed by atoms with Gasteiger partial charge >= 0.3 is 6.18 Å². The monoisotopic (exact) mass is 569 g/mol. The number of sulfonamides is 1. The first-order valence-electron chi connectivity index (χ1n) is 13.1. The minimum Gasteiger partial charge on any atom is -0.354 e. The van der Waals surface area contributed by atoms with Crippen LogP contribution in [0.15, 0.2) is 48.5 Å². The zero-order chi connectivity index (χ0) is 29.2. The number of carbonyl (C=O) groups excluding carboxylic acids is 2. The molecule has 2 rings (SSSR count). The van der Waals surface area contributed by atoms with Crippen molar-refractivity contribution in [3.8, 4) is 0 Å². The predicted octanol–water partition coefficient (Wildman–Crippen LogP) is 5.28. The Balaban J connectivity index is 2.24. The van der Waals surface area contributed by atoms with Crippen molar-refractivity contribution in [2.24, 2.45) is 0 Å². The van der Waals surface area contributed by atoms with E-state index >= 15 is 0 Å². The van der Waals surface area contributed by atoms with Crippen LogP contribution in [0, 0.1) is 6.92 Å². The first-order chi connectivity index (χ1) is 18.3. The fourth-order valence-electron chi connectivity index (χ4n) is 4.27. The number of nitrogens with zero attached hydrogens (tertiary/aromatic N) is 2. The van der Waals surface area contributed by atoms with E-state index in [1.165, 1.54) is 11.0 Å². The van der Waals surface area contributed by atoms with Crippen LogP contribution in [0.2, 0.25) is 0 Å². The number of unbranched alkanes of at least 4 members (excludes halogenated alkanes) is 1. The Labute approximate surface area is 229 Å². The molecule has 1 N–H and O–H groups in total. The van der Waals surface area contributed by atoms with E-state index in [2.05, 4.69) is 5.32 Å². The molecule has 1 atom stereocenters. The van der Waals surface area contributed by atoms with Crippen LogP contribution in [-0.2, 0) is 32.3 Å². The van der Waals surface area contributed by atoms with Gasteiger partial charge in [-0.2, -0.15) is 13.2 Å². The number of hydrogen-bond acceptors (Lipinski definition) is 4. The standard InChI is InChI=1S/C28H38F3N3O4S/c1-5-7-16-32-27(36)25(6-2)33(20-22-12-8-11-21(3)18-22)26(35)15-10-17-34(39(4,37)38)24-14-9-13-23(19-24)28(29,30)31/h8-9,11-14,18-19,25H,5-7,10,15-17,20H2,1-4H3,(H,32,36)/t25-/m1/s1. The molecule has 0 saturated carbocycles. The van der Waals surface area contributed by atoms with E-state index in [1.54, 1.807) is 0 Å². The van der Waals surface area contributed by atoms with Crippen LogP contribution in [0.5, 0.6) is 0 Å². The van der Waals surface area contributed by atoms with Crippen molar-refractivity contribution < 1.29 is 31.2 Å². The lowest BCUT2D eigenvalue weighted by molar-refractivity contribution is -0.141.